The van der Waals surface area contributed by atoms with Crippen LogP contribution in [0.1, 0.15) is 26.2 Å². The average Bonchev–Trinajstić information content (AvgIpc) is 2.28. The van der Waals surface area contributed by atoms with Gasteiger partial charge in [-0.25, -0.2) is 9.59 Å². The number of aliphatic hydroxyl groups is 1. The number of carbonyl (C=O) groups excluding carboxylic acids is 1. The van der Waals surface area contributed by atoms with E-state index in [9.17, 15) is 9.59 Å². The highest BCUT2D eigenvalue weighted by atomic mass is 16.5. The zero-order chi connectivity index (χ0) is 13.5. The highest BCUT2D eigenvalue weighted by Gasteiger charge is 2.21. The maximum absolute atomic E-state index is 11.5. The van der Waals surface area contributed by atoms with E-state index in [2.05, 4.69) is 10.6 Å². The van der Waals surface area contributed by atoms with Crippen molar-refractivity contribution in [2.75, 3.05) is 13.2 Å². The number of ether oxygens (including phenoxy) is 1. The molecule has 1 heterocycles. The summed E-state index contributed by atoms with van der Waals surface area (Å²) in [7, 11) is 0. The third kappa shape index (κ3) is 5.33. The number of hydrogen-bond acceptors (Lipinski definition) is 4. The second-order valence-electron chi connectivity index (χ2n) is 4.45. The van der Waals surface area contributed by atoms with Crippen LogP contribution in [0.2, 0.25) is 0 Å². The van der Waals surface area contributed by atoms with E-state index in [1.54, 1.807) is 0 Å². The Morgan fingerprint density at radius 1 is 1.50 bits per heavy atom. The molecule has 104 valence electrons. The van der Waals surface area contributed by atoms with Crippen LogP contribution in [-0.4, -0.2) is 53.6 Å². The molecule has 3 atom stereocenters. The van der Waals surface area contributed by atoms with Crippen molar-refractivity contribution in [2.45, 2.75) is 44.4 Å². The molecule has 0 aliphatic carbocycles. The summed E-state index contributed by atoms with van der Waals surface area (Å²) in [5.41, 5.74) is 0. The van der Waals surface area contributed by atoms with E-state index in [0.717, 1.165) is 12.8 Å². The monoisotopic (exact) mass is 260 g/mol. The molecular weight excluding hydrogens is 240 g/mol. The van der Waals surface area contributed by atoms with Gasteiger partial charge in [0.2, 0.25) is 0 Å². The van der Waals surface area contributed by atoms with Crippen molar-refractivity contribution in [3.8, 4) is 0 Å². The molecule has 0 aromatic carbocycles. The smallest absolute Gasteiger partial charge is 0.332 e. The minimum Gasteiger partial charge on any atom is -0.479 e. The molecule has 1 saturated heterocycles. The number of carboxylic acid groups (broad SMARTS) is 1. The van der Waals surface area contributed by atoms with E-state index in [0.29, 0.717) is 6.61 Å². The Morgan fingerprint density at radius 3 is 2.83 bits per heavy atom. The van der Waals surface area contributed by atoms with Crippen LogP contribution in [0.5, 0.6) is 0 Å². The summed E-state index contributed by atoms with van der Waals surface area (Å²) in [4.78, 5) is 21.8. The minimum absolute atomic E-state index is 0.00701. The zero-order valence-corrected chi connectivity index (χ0v) is 10.4. The maximum Gasteiger partial charge on any atom is 0.332 e. The quantitative estimate of drug-likeness (QED) is 0.542. The van der Waals surface area contributed by atoms with E-state index < -0.39 is 12.1 Å². The number of aliphatic hydroxyl groups excluding tert-OH is 1. The van der Waals surface area contributed by atoms with Gasteiger partial charge >= 0.3 is 12.0 Å². The molecule has 1 fully saturated rings. The number of carboxylic acids is 1. The van der Waals surface area contributed by atoms with Gasteiger partial charge in [-0.15, -0.1) is 0 Å². The van der Waals surface area contributed by atoms with Gasteiger partial charge in [0.25, 0.3) is 0 Å². The Morgan fingerprint density at radius 2 is 2.22 bits per heavy atom. The van der Waals surface area contributed by atoms with Crippen LogP contribution < -0.4 is 10.6 Å². The Kier molecular flexibility index (Phi) is 5.87. The van der Waals surface area contributed by atoms with E-state index in [4.69, 9.17) is 14.9 Å². The largest absolute Gasteiger partial charge is 0.479 e. The molecule has 1 rings (SSSR count). The van der Waals surface area contributed by atoms with Crippen molar-refractivity contribution in [1.82, 2.24) is 10.6 Å². The highest BCUT2D eigenvalue weighted by Crippen LogP contribution is 2.12. The van der Waals surface area contributed by atoms with Gasteiger partial charge < -0.3 is 25.6 Å². The van der Waals surface area contributed by atoms with Gasteiger partial charge in [0, 0.05) is 25.6 Å². The minimum atomic E-state index is -1.44. The predicted molar refractivity (Wildman–Crippen MR) is 63.2 cm³/mol. The standard InChI is InChI=1S/C11H20N2O5/c1-7-6-8(3-5-18-7)13-11(17)12-4-2-9(14)10(15)16/h7-9,14H,2-6H2,1H3,(H,15,16)(H2,12,13,17)/t7?,8?,9-/m0/s1. The van der Waals surface area contributed by atoms with Crippen molar-refractivity contribution < 1.29 is 24.5 Å². The molecule has 7 nitrogen and oxygen atoms in total. The van der Waals surface area contributed by atoms with Crippen molar-refractivity contribution in [3.05, 3.63) is 0 Å². The molecule has 0 aromatic heterocycles. The summed E-state index contributed by atoms with van der Waals surface area (Å²) < 4.78 is 5.36. The molecule has 4 N–H and O–H groups in total. The molecule has 0 radical (unpaired) electrons. The average molecular weight is 260 g/mol. The second-order valence-corrected chi connectivity index (χ2v) is 4.45. The number of rotatable bonds is 5. The van der Waals surface area contributed by atoms with Crippen LogP contribution in [0.4, 0.5) is 4.79 Å². The van der Waals surface area contributed by atoms with Crippen LogP contribution in [0, 0.1) is 0 Å². The van der Waals surface area contributed by atoms with Gasteiger partial charge in [0.05, 0.1) is 6.10 Å². The lowest BCUT2D eigenvalue weighted by atomic mass is 10.0. The van der Waals surface area contributed by atoms with Crippen LogP contribution in [-0.2, 0) is 9.53 Å². The topological polar surface area (TPSA) is 108 Å². The Hall–Kier alpha value is -1.34. The number of amides is 2. The van der Waals surface area contributed by atoms with E-state index in [-0.39, 0.29) is 31.1 Å². The summed E-state index contributed by atoms with van der Waals surface area (Å²) in [6, 6.07) is -0.259. The van der Waals surface area contributed by atoms with Crippen LogP contribution >= 0.6 is 0 Å². The number of nitrogens with one attached hydrogen (secondary N) is 2. The fourth-order valence-electron chi connectivity index (χ4n) is 1.81. The Balaban J connectivity index is 2.15. The molecule has 18 heavy (non-hydrogen) atoms. The lowest BCUT2D eigenvalue weighted by Crippen LogP contribution is -2.46. The van der Waals surface area contributed by atoms with Gasteiger partial charge in [0.1, 0.15) is 0 Å². The Bertz CT molecular complexity index is 297. The summed E-state index contributed by atoms with van der Waals surface area (Å²) in [6.45, 7) is 2.71. The maximum atomic E-state index is 11.5. The second kappa shape index (κ2) is 7.17. The summed E-state index contributed by atoms with van der Waals surface area (Å²) in [5, 5.41) is 22.8. The molecular formula is C11H20N2O5. The number of aliphatic carboxylic acids is 1. The summed E-state index contributed by atoms with van der Waals surface area (Å²) in [6.07, 6.45) is 0.236. The van der Waals surface area contributed by atoms with Gasteiger partial charge in [-0.3, -0.25) is 0 Å². The molecule has 7 heteroatoms. The normalized spacial score (nSPS) is 25.2. The molecule has 1 aliphatic heterocycles. The zero-order valence-electron chi connectivity index (χ0n) is 10.4. The third-order valence-electron chi connectivity index (χ3n) is 2.81. The van der Waals surface area contributed by atoms with Crippen molar-refractivity contribution >= 4 is 12.0 Å². The van der Waals surface area contributed by atoms with Gasteiger partial charge in [-0.1, -0.05) is 0 Å². The molecule has 0 bridgehead atoms. The fraction of sp³-hybridized carbons (Fsp3) is 0.818. The molecule has 1 aliphatic rings. The predicted octanol–water partition coefficient (Wildman–Crippen LogP) is -0.311. The van der Waals surface area contributed by atoms with Crippen molar-refractivity contribution in [3.63, 3.8) is 0 Å². The van der Waals surface area contributed by atoms with E-state index in [1.165, 1.54) is 0 Å². The lowest BCUT2D eigenvalue weighted by molar-refractivity contribution is -0.146. The molecule has 2 amide bonds. The number of hydrogen-bond donors (Lipinski definition) is 4. The van der Waals surface area contributed by atoms with Crippen molar-refractivity contribution in [2.24, 2.45) is 0 Å². The van der Waals surface area contributed by atoms with Crippen LogP contribution in [0.25, 0.3) is 0 Å². The number of urea groups is 1. The van der Waals surface area contributed by atoms with Crippen LogP contribution in [0.15, 0.2) is 0 Å². The van der Waals surface area contributed by atoms with Gasteiger partial charge in [-0.05, 0) is 19.8 Å². The SMILES string of the molecule is CC1CC(NC(=O)NCC[C@H](O)C(=O)O)CCO1. The molecule has 0 spiro atoms. The summed E-state index contributed by atoms with van der Waals surface area (Å²) >= 11 is 0. The molecule has 2 unspecified atom stereocenters. The van der Waals surface area contributed by atoms with E-state index >= 15 is 0 Å². The first-order valence-corrected chi connectivity index (χ1v) is 6.06. The van der Waals surface area contributed by atoms with E-state index in [1.807, 2.05) is 6.92 Å². The highest BCUT2D eigenvalue weighted by molar-refractivity contribution is 5.74. The first-order chi connectivity index (χ1) is 8.49. The summed E-state index contributed by atoms with van der Waals surface area (Å²) in [5.74, 6) is -1.28. The van der Waals surface area contributed by atoms with Gasteiger partial charge in [0.15, 0.2) is 6.10 Å². The first-order valence-electron chi connectivity index (χ1n) is 6.06. The first kappa shape index (κ1) is 14.7. The number of carbonyl (C=O) groups is 2. The Labute approximate surface area is 106 Å². The lowest BCUT2D eigenvalue weighted by Gasteiger charge is -2.27. The molecule has 0 saturated carbocycles. The van der Waals surface area contributed by atoms with Crippen molar-refractivity contribution in [1.29, 1.82) is 0 Å². The van der Waals surface area contributed by atoms with Gasteiger partial charge in [-0.2, -0.15) is 0 Å². The fourth-order valence-corrected chi connectivity index (χ4v) is 1.81. The molecule has 0 aromatic rings. The van der Waals surface area contributed by atoms with Crippen LogP contribution in [0.3, 0.4) is 0 Å². The third-order valence-corrected chi connectivity index (χ3v) is 2.81.